The summed E-state index contributed by atoms with van der Waals surface area (Å²) < 4.78 is 19.9. The van der Waals surface area contributed by atoms with Crippen molar-refractivity contribution in [3.63, 3.8) is 0 Å². The maximum atomic E-state index is 13.5. The number of aliphatic hydroxyl groups is 1. The molecule has 2 aliphatic rings. The monoisotopic (exact) mass is 435 g/mol. The minimum absolute atomic E-state index is 0.00282. The number of benzene rings is 1. The minimum Gasteiger partial charge on any atom is -0.379 e. The number of hydrogen-bond acceptors (Lipinski definition) is 5. The van der Waals surface area contributed by atoms with Crippen molar-refractivity contribution in [2.24, 2.45) is 0 Å². The molecule has 7 heteroatoms. The van der Waals surface area contributed by atoms with Gasteiger partial charge in [0.15, 0.2) is 0 Å². The van der Waals surface area contributed by atoms with Gasteiger partial charge >= 0.3 is 0 Å². The zero-order chi connectivity index (χ0) is 22.4. The van der Waals surface area contributed by atoms with Gasteiger partial charge in [0.2, 0.25) is 5.91 Å². The van der Waals surface area contributed by atoms with E-state index < -0.39 is 6.23 Å². The van der Waals surface area contributed by atoms with Crippen LogP contribution in [0.4, 0.5) is 4.39 Å². The second-order valence-corrected chi connectivity index (χ2v) is 9.35. The van der Waals surface area contributed by atoms with Crippen LogP contribution in [0.5, 0.6) is 0 Å². The van der Waals surface area contributed by atoms with E-state index in [1.165, 1.54) is 6.07 Å². The van der Waals surface area contributed by atoms with Gasteiger partial charge in [-0.3, -0.25) is 9.69 Å². The Morgan fingerprint density at radius 2 is 2.03 bits per heavy atom. The lowest BCUT2D eigenvalue weighted by atomic mass is 9.82. The predicted octanol–water partition coefficient (Wildman–Crippen LogP) is 2.72. The number of rotatable bonds is 8. The van der Waals surface area contributed by atoms with Crippen LogP contribution in [-0.2, 0) is 9.53 Å². The molecule has 3 unspecified atom stereocenters. The van der Waals surface area contributed by atoms with Crippen molar-refractivity contribution >= 4 is 5.91 Å². The number of nitrogens with one attached hydrogen (secondary N) is 1. The van der Waals surface area contributed by atoms with Crippen molar-refractivity contribution < 1.29 is 19.0 Å². The molecule has 6 nitrogen and oxygen atoms in total. The summed E-state index contributed by atoms with van der Waals surface area (Å²) in [6, 6.07) is 6.86. The van der Waals surface area contributed by atoms with Crippen LogP contribution in [0.25, 0.3) is 0 Å². The van der Waals surface area contributed by atoms with Crippen molar-refractivity contribution in [3.8, 4) is 0 Å². The largest absolute Gasteiger partial charge is 0.379 e. The molecule has 1 aromatic carbocycles. The molecule has 2 N–H and O–H groups in total. The number of hydrogen-bond donors (Lipinski definition) is 2. The number of carbonyl (C=O) groups is 1. The molecule has 0 bridgehead atoms. The predicted molar refractivity (Wildman–Crippen MR) is 119 cm³/mol. The highest BCUT2D eigenvalue weighted by molar-refractivity contribution is 5.78. The molecule has 1 saturated heterocycles. The summed E-state index contributed by atoms with van der Waals surface area (Å²) in [5.74, 6) is 0.217. The number of carbonyl (C=O) groups excluding carboxylic acids is 1. The van der Waals surface area contributed by atoms with Crippen molar-refractivity contribution in [1.29, 1.82) is 0 Å². The van der Waals surface area contributed by atoms with Gasteiger partial charge in [0.1, 0.15) is 12.0 Å². The molecule has 31 heavy (non-hydrogen) atoms. The molecule has 1 aromatic rings. The summed E-state index contributed by atoms with van der Waals surface area (Å²) in [5, 5.41) is 13.4. The quantitative estimate of drug-likeness (QED) is 0.657. The first-order chi connectivity index (χ1) is 14.8. The maximum absolute atomic E-state index is 13.5. The van der Waals surface area contributed by atoms with Crippen LogP contribution >= 0.6 is 0 Å². The zero-order valence-electron chi connectivity index (χ0n) is 19.1. The van der Waals surface area contributed by atoms with Crippen LogP contribution in [-0.4, -0.2) is 79.0 Å². The number of amides is 1. The number of ether oxygens (including phenoxy) is 1. The summed E-state index contributed by atoms with van der Waals surface area (Å²) in [5.41, 5.74) is 1.08. The van der Waals surface area contributed by atoms with Crippen molar-refractivity contribution in [3.05, 3.63) is 35.6 Å². The van der Waals surface area contributed by atoms with Gasteiger partial charge in [-0.05, 0) is 83.2 Å². The highest BCUT2D eigenvalue weighted by Crippen LogP contribution is 2.34. The molecule has 0 aromatic heterocycles. The van der Waals surface area contributed by atoms with Gasteiger partial charge in [-0.25, -0.2) is 4.39 Å². The highest BCUT2D eigenvalue weighted by Gasteiger charge is 2.35. The van der Waals surface area contributed by atoms with Gasteiger partial charge in [0.05, 0.1) is 25.3 Å². The van der Waals surface area contributed by atoms with Crippen LogP contribution < -0.4 is 5.32 Å². The average Bonchev–Trinajstić information content (AvgIpc) is 2.72. The van der Waals surface area contributed by atoms with Gasteiger partial charge in [0, 0.05) is 12.6 Å². The first kappa shape index (κ1) is 24.1. The van der Waals surface area contributed by atoms with Crippen LogP contribution in [0.1, 0.15) is 56.9 Å². The molecule has 174 valence electrons. The molecule has 0 spiro atoms. The second kappa shape index (κ2) is 11.4. The summed E-state index contributed by atoms with van der Waals surface area (Å²) in [6.45, 7) is 3.43. The van der Waals surface area contributed by atoms with E-state index >= 15 is 0 Å². The van der Waals surface area contributed by atoms with E-state index in [2.05, 4.69) is 5.32 Å². The van der Waals surface area contributed by atoms with Gasteiger partial charge in [-0.2, -0.15) is 0 Å². The molecule has 1 amide bonds. The molecule has 2 fully saturated rings. The van der Waals surface area contributed by atoms with Gasteiger partial charge in [-0.15, -0.1) is 0 Å². The third kappa shape index (κ3) is 6.97. The zero-order valence-corrected chi connectivity index (χ0v) is 19.1. The first-order valence-corrected chi connectivity index (χ1v) is 11.6. The van der Waals surface area contributed by atoms with E-state index in [4.69, 9.17) is 4.74 Å². The lowest BCUT2D eigenvalue weighted by Crippen LogP contribution is -2.60. The normalized spacial score (nSPS) is 28.5. The summed E-state index contributed by atoms with van der Waals surface area (Å²) >= 11 is 0. The van der Waals surface area contributed by atoms with Crippen LogP contribution in [0, 0.1) is 5.82 Å². The third-order valence-electron chi connectivity index (χ3n) is 6.61. The Morgan fingerprint density at radius 3 is 2.68 bits per heavy atom. The highest BCUT2D eigenvalue weighted by atomic mass is 19.1. The lowest BCUT2D eigenvalue weighted by Gasteiger charge is -2.43. The summed E-state index contributed by atoms with van der Waals surface area (Å²) in [6.07, 6.45) is 5.28. The Labute approximate surface area is 185 Å². The third-order valence-corrected chi connectivity index (χ3v) is 6.61. The Hall–Kier alpha value is -1.54. The summed E-state index contributed by atoms with van der Waals surface area (Å²) in [7, 11) is 3.76. The SMILES string of the molecule is CC(O)N1CCCC(NC(=O)CN(C)C)C1COC1CCC(c2cccc(F)c2)CC1. The number of piperidine rings is 1. The second-order valence-electron chi connectivity index (χ2n) is 9.35. The van der Waals surface area contributed by atoms with Crippen molar-refractivity contribution in [1.82, 2.24) is 15.1 Å². The molecule has 1 aliphatic heterocycles. The van der Waals surface area contributed by atoms with E-state index in [-0.39, 0.29) is 29.9 Å². The van der Waals surface area contributed by atoms with Gasteiger partial charge in [-0.1, -0.05) is 12.1 Å². The number of likely N-dealkylation sites (tertiary alicyclic amines) is 1. The summed E-state index contributed by atoms with van der Waals surface area (Å²) in [4.78, 5) is 16.2. The molecule has 1 saturated carbocycles. The Kier molecular flexibility index (Phi) is 8.84. The van der Waals surface area contributed by atoms with E-state index in [0.717, 1.165) is 50.6 Å². The fourth-order valence-electron chi connectivity index (χ4n) is 5.02. The van der Waals surface area contributed by atoms with Crippen LogP contribution in [0.3, 0.4) is 0 Å². The van der Waals surface area contributed by atoms with Crippen LogP contribution in [0.15, 0.2) is 24.3 Å². The van der Waals surface area contributed by atoms with Crippen molar-refractivity contribution in [2.45, 2.75) is 75.8 Å². The molecule has 3 atom stereocenters. The van der Waals surface area contributed by atoms with Crippen molar-refractivity contribution in [2.75, 3.05) is 33.8 Å². The fourth-order valence-corrected chi connectivity index (χ4v) is 5.02. The molecule has 0 radical (unpaired) electrons. The topological polar surface area (TPSA) is 65.0 Å². The Morgan fingerprint density at radius 1 is 1.29 bits per heavy atom. The molecule has 3 rings (SSSR count). The maximum Gasteiger partial charge on any atom is 0.234 e. The lowest BCUT2D eigenvalue weighted by molar-refractivity contribution is -0.126. The molecule has 1 heterocycles. The number of likely N-dealkylation sites (N-methyl/N-ethyl adjacent to an activating group) is 1. The molecule has 1 aliphatic carbocycles. The van der Waals surface area contributed by atoms with E-state index in [9.17, 15) is 14.3 Å². The average molecular weight is 436 g/mol. The first-order valence-electron chi connectivity index (χ1n) is 11.6. The van der Waals surface area contributed by atoms with Gasteiger partial charge in [0.25, 0.3) is 0 Å². The smallest absolute Gasteiger partial charge is 0.234 e. The van der Waals surface area contributed by atoms with E-state index in [0.29, 0.717) is 19.1 Å². The Balaban J connectivity index is 1.54. The number of halogens is 1. The van der Waals surface area contributed by atoms with E-state index in [1.807, 2.05) is 30.0 Å². The number of aliphatic hydroxyl groups excluding tert-OH is 1. The fraction of sp³-hybridized carbons (Fsp3) is 0.708. The Bertz CT molecular complexity index is 707. The molecular formula is C24H38FN3O3. The van der Waals surface area contributed by atoms with E-state index in [1.54, 1.807) is 19.1 Å². The molecular weight excluding hydrogens is 397 g/mol. The minimum atomic E-state index is -0.578. The number of nitrogens with zero attached hydrogens (tertiary/aromatic N) is 2. The van der Waals surface area contributed by atoms with Gasteiger partial charge < -0.3 is 20.1 Å². The standard InChI is InChI=1S/C24H38FN3O3/c1-17(29)28-13-5-8-22(26-24(30)15-27(2)3)23(28)16-31-21-11-9-18(10-12-21)19-6-4-7-20(25)14-19/h4,6-7,14,17-18,21-23,29H,5,8-13,15-16H2,1-3H3,(H,26,30). The van der Waals surface area contributed by atoms with Crippen LogP contribution in [0.2, 0.25) is 0 Å².